The highest BCUT2D eigenvalue weighted by atomic mass is 79.9. The zero-order valence-corrected chi connectivity index (χ0v) is 14.9. The van der Waals surface area contributed by atoms with Crippen molar-refractivity contribution in [3.05, 3.63) is 50.8 Å². The molecule has 2 aromatic rings. The minimum absolute atomic E-state index is 0.0990. The van der Waals surface area contributed by atoms with Gasteiger partial charge in [0.15, 0.2) is 0 Å². The Morgan fingerprint density at radius 3 is 2.62 bits per heavy atom. The van der Waals surface area contributed by atoms with Crippen LogP contribution < -0.4 is 5.73 Å². The van der Waals surface area contributed by atoms with E-state index in [1.807, 2.05) is 11.7 Å². The van der Waals surface area contributed by atoms with E-state index in [0.29, 0.717) is 0 Å². The molecule has 0 aliphatic carbocycles. The molecule has 0 aliphatic rings. The molecule has 4 heteroatoms. The van der Waals surface area contributed by atoms with Gasteiger partial charge in [0.05, 0.1) is 15.9 Å². The Morgan fingerprint density at radius 2 is 2.00 bits per heavy atom. The molecule has 1 aromatic carbocycles. The van der Waals surface area contributed by atoms with Gasteiger partial charge in [-0.15, -0.1) is 0 Å². The van der Waals surface area contributed by atoms with Crippen molar-refractivity contribution in [1.82, 2.24) is 9.78 Å². The molecule has 1 atom stereocenters. The zero-order chi connectivity index (χ0) is 15.6. The van der Waals surface area contributed by atoms with Gasteiger partial charge < -0.3 is 5.73 Å². The Morgan fingerprint density at radius 1 is 1.29 bits per heavy atom. The number of rotatable bonds is 5. The summed E-state index contributed by atoms with van der Waals surface area (Å²) in [6, 6.07) is 6.66. The summed E-state index contributed by atoms with van der Waals surface area (Å²) < 4.78 is 3.07. The minimum Gasteiger partial charge on any atom is -0.327 e. The van der Waals surface area contributed by atoms with Crippen molar-refractivity contribution in [2.75, 3.05) is 0 Å². The van der Waals surface area contributed by atoms with Gasteiger partial charge in [-0.1, -0.05) is 30.7 Å². The van der Waals surface area contributed by atoms with Gasteiger partial charge in [-0.05, 0) is 53.7 Å². The van der Waals surface area contributed by atoms with Crippen LogP contribution in [0, 0.1) is 13.8 Å². The summed E-state index contributed by atoms with van der Waals surface area (Å²) in [6.45, 7) is 6.39. The maximum Gasteiger partial charge on any atom is 0.0766 e. The van der Waals surface area contributed by atoms with Crippen LogP contribution in [0.3, 0.4) is 0 Å². The fourth-order valence-corrected chi connectivity index (χ4v) is 3.44. The van der Waals surface area contributed by atoms with Gasteiger partial charge in [0.25, 0.3) is 0 Å². The average Bonchev–Trinajstić information content (AvgIpc) is 2.70. The standard InChI is InChI=1S/C17H24BrN3/c1-5-15-17(18)16(21(4)20-15)10-14(19)9-13-8-11(2)6-7-12(13)3/h6-8,14H,5,9-10,19H2,1-4H3. The second kappa shape index (κ2) is 6.75. The number of hydrogen-bond acceptors (Lipinski definition) is 2. The van der Waals surface area contributed by atoms with Gasteiger partial charge in [0.2, 0.25) is 0 Å². The van der Waals surface area contributed by atoms with Crippen LogP contribution in [0.5, 0.6) is 0 Å². The van der Waals surface area contributed by atoms with Gasteiger partial charge in [-0.3, -0.25) is 4.68 Å². The molecule has 3 nitrogen and oxygen atoms in total. The molecule has 0 saturated carbocycles. The lowest BCUT2D eigenvalue weighted by atomic mass is 9.97. The molecule has 1 unspecified atom stereocenters. The molecule has 114 valence electrons. The van der Waals surface area contributed by atoms with Crippen LogP contribution in [0.2, 0.25) is 0 Å². The Balaban J connectivity index is 2.13. The lowest BCUT2D eigenvalue weighted by Crippen LogP contribution is -2.27. The lowest BCUT2D eigenvalue weighted by Gasteiger charge is -2.14. The summed E-state index contributed by atoms with van der Waals surface area (Å²) in [7, 11) is 1.99. The van der Waals surface area contributed by atoms with E-state index in [-0.39, 0.29) is 6.04 Å². The molecule has 0 radical (unpaired) electrons. The van der Waals surface area contributed by atoms with E-state index in [0.717, 1.165) is 29.4 Å². The smallest absolute Gasteiger partial charge is 0.0766 e. The van der Waals surface area contributed by atoms with Crippen molar-refractivity contribution in [3.8, 4) is 0 Å². The largest absolute Gasteiger partial charge is 0.327 e. The molecular formula is C17H24BrN3. The van der Waals surface area contributed by atoms with Crippen molar-refractivity contribution in [1.29, 1.82) is 0 Å². The van der Waals surface area contributed by atoms with Crippen molar-refractivity contribution < 1.29 is 0 Å². The highest BCUT2D eigenvalue weighted by molar-refractivity contribution is 9.10. The monoisotopic (exact) mass is 349 g/mol. The van der Waals surface area contributed by atoms with Gasteiger partial charge in [0, 0.05) is 19.5 Å². The van der Waals surface area contributed by atoms with Gasteiger partial charge >= 0.3 is 0 Å². The number of nitrogens with zero attached hydrogens (tertiary/aromatic N) is 2. The first kappa shape index (κ1) is 16.2. The lowest BCUT2D eigenvalue weighted by molar-refractivity contribution is 0.609. The first-order valence-corrected chi connectivity index (χ1v) is 8.23. The molecule has 2 rings (SSSR count). The molecule has 0 aliphatic heterocycles. The second-order valence-electron chi connectivity index (χ2n) is 5.78. The minimum atomic E-state index is 0.0990. The number of benzene rings is 1. The van der Waals surface area contributed by atoms with E-state index in [4.69, 9.17) is 5.73 Å². The third kappa shape index (κ3) is 3.74. The predicted molar refractivity (Wildman–Crippen MR) is 91.6 cm³/mol. The Labute approximate surface area is 135 Å². The Bertz CT molecular complexity index is 631. The third-order valence-corrected chi connectivity index (χ3v) is 4.86. The maximum absolute atomic E-state index is 6.38. The highest BCUT2D eigenvalue weighted by Crippen LogP contribution is 2.23. The summed E-state index contributed by atoms with van der Waals surface area (Å²) in [5.74, 6) is 0. The van der Waals surface area contributed by atoms with E-state index >= 15 is 0 Å². The summed E-state index contributed by atoms with van der Waals surface area (Å²) in [4.78, 5) is 0. The molecular weight excluding hydrogens is 326 g/mol. The number of aryl methyl sites for hydroxylation is 4. The molecule has 21 heavy (non-hydrogen) atoms. The Hall–Kier alpha value is -1.13. The quantitative estimate of drug-likeness (QED) is 0.897. The number of nitrogens with two attached hydrogens (primary N) is 1. The first-order valence-electron chi connectivity index (χ1n) is 7.44. The van der Waals surface area contributed by atoms with Crippen LogP contribution in [0.4, 0.5) is 0 Å². The van der Waals surface area contributed by atoms with Crippen LogP contribution in [0.15, 0.2) is 22.7 Å². The SMILES string of the molecule is CCc1nn(C)c(CC(N)Cc2cc(C)ccc2C)c1Br. The summed E-state index contributed by atoms with van der Waals surface area (Å²) in [6.07, 6.45) is 2.66. The van der Waals surface area contributed by atoms with Crippen LogP contribution in [-0.2, 0) is 26.3 Å². The molecule has 1 aromatic heterocycles. The molecule has 0 spiro atoms. The normalized spacial score (nSPS) is 12.7. The molecule has 2 N–H and O–H groups in total. The maximum atomic E-state index is 6.38. The van der Waals surface area contributed by atoms with Crippen molar-refractivity contribution in [2.24, 2.45) is 12.8 Å². The Kier molecular flexibility index (Phi) is 5.22. The second-order valence-corrected chi connectivity index (χ2v) is 6.58. The molecule has 1 heterocycles. The van der Waals surface area contributed by atoms with E-state index in [9.17, 15) is 0 Å². The van der Waals surface area contributed by atoms with Crippen molar-refractivity contribution in [3.63, 3.8) is 0 Å². The van der Waals surface area contributed by atoms with Crippen LogP contribution >= 0.6 is 15.9 Å². The van der Waals surface area contributed by atoms with Gasteiger partial charge in [-0.25, -0.2) is 0 Å². The van der Waals surface area contributed by atoms with Crippen molar-refractivity contribution in [2.45, 2.75) is 46.1 Å². The summed E-state index contributed by atoms with van der Waals surface area (Å²) >= 11 is 3.66. The van der Waals surface area contributed by atoms with Crippen molar-refractivity contribution >= 4 is 15.9 Å². The third-order valence-electron chi connectivity index (χ3n) is 3.95. The van der Waals surface area contributed by atoms with Crippen LogP contribution in [-0.4, -0.2) is 15.8 Å². The molecule has 0 amide bonds. The van der Waals surface area contributed by atoms with E-state index < -0.39 is 0 Å². The molecule has 0 bridgehead atoms. The average molecular weight is 350 g/mol. The fourth-order valence-electron chi connectivity index (χ4n) is 2.66. The van der Waals surface area contributed by atoms with Gasteiger partial charge in [0.1, 0.15) is 0 Å². The molecule has 0 fully saturated rings. The fraction of sp³-hybridized carbons (Fsp3) is 0.471. The topological polar surface area (TPSA) is 43.8 Å². The first-order chi connectivity index (χ1) is 9.92. The zero-order valence-electron chi connectivity index (χ0n) is 13.3. The molecule has 0 saturated heterocycles. The number of halogens is 1. The number of aromatic nitrogens is 2. The van der Waals surface area contributed by atoms with Crippen LogP contribution in [0.25, 0.3) is 0 Å². The summed E-state index contributed by atoms with van der Waals surface area (Å²) in [5, 5.41) is 4.53. The van der Waals surface area contributed by atoms with Crippen LogP contribution in [0.1, 0.15) is 35.0 Å². The van der Waals surface area contributed by atoms with E-state index in [1.54, 1.807) is 0 Å². The number of hydrogen-bond donors (Lipinski definition) is 1. The van der Waals surface area contributed by atoms with Gasteiger partial charge in [-0.2, -0.15) is 5.10 Å². The van der Waals surface area contributed by atoms with E-state index in [1.165, 1.54) is 22.4 Å². The van der Waals surface area contributed by atoms with E-state index in [2.05, 4.69) is 60.0 Å². The predicted octanol–water partition coefficient (Wildman–Crippen LogP) is 3.47. The summed E-state index contributed by atoms with van der Waals surface area (Å²) in [5.41, 5.74) is 12.6. The highest BCUT2D eigenvalue weighted by Gasteiger charge is 2.16.